The van der Waals surface area contributed by atoms with Crippen LogP contribution in [0.1, 0.15) is 51.8 Å². The molecule has 14 nitrogen and oxygen atoms in total. The number of carbonyl (C=O) groups is 2. The molecule has 2 amide bonds. The Hall–Kier alpha value is -5.77. The molecule has 2 aromatic heterocycles. The molecule has 61 heavy (non-hydrogen) atoms. The van der Waals surface area contributed by atoms with Crippen LogP contribution in [0.4, 0.5) is 24.8 Å². The van der Waals surface area contributed by atoms with Gasteiger partial charge in [0.25, 0.3) is 5.91 Å². The third kappa shape index (κ3) is 10.2. The maximum absolute atomic E-state index is 13.8. The minimum Gasteiger partial charge on any atom is -0.494 e. The van der Waals surface area contributed by atoms with E-state index in [9.17, 15) is 27.9 Å². The summed E-state index contributed by atoms with van der Waals surface area (Å²) in [6.45, 7) is 8.25. The molecule has 0 unspecified atom stereocenters. The number of nitrogens with one attached hydrogen (secondary N) is 1. The van der Waals surface area contributed by atoms with Crippen LogP contribution < -0.4 is 20.1 Å². The van der Waals surface area contributed by atoms with Crippen LogP contribution in [0.3, 0.4) is 0 Å². The molecule has 318 valence electrons. The smallest absolute Gasteiger partial charge is 0.416 e. The maximum Gasteiger partial charge on any atom is 0.416 e. The van der Waals surface area contributed by atoms with Gasteiger partial charge in [-0.25, -0.2) is 15.1 Å². The molecular formula is C42H40ClF3N9O5W-. The van der Waals surface area contributed by atoms with Gasteiger partial charge in [-0.1, -0.05) is 73.6 Å². The second-order valence-electron chi connectivity index (χ2n) is 14.0. The van der Waals surface area contributed by atoms with Crippen molar-refractivity contribution in [2.45, 2.75) is 46.3 Å². The van der Waals surface area contributed by atoms with E-state index < -0.39 is 24.2 Å². The largest absolute Gasteiger partial charge is 0.494 e. The number of alkyl halides is 3. The number of fused-ring (bicyclic) bond motifs is 1. The number of rotatable bonds is 13. The van der Waals surface area contributed by atoms with Crippen molar-refractivity contribution in [2.75, 3.05) is 42.9 Å². The van der Waals surface area contributed by atoms with Crippen LogP contribution >= 0.6 is 11.6 Å². The van der Waals surface area contributed by atoms with Crippen LogP contribution in [-0.2, 0) is 50.4 Å². The SMILES string of the molecule is C=C(c1ccc(NC(=O)CN(/C(CC)=C(\O)N2CCN(C(=O)c3ncnc(C)c3OCc3ccccc3)CC2)c2nc(-c3ccc4c(c3)COC4)n[n-]2)c(Cl)c1)C(F)(F)F.[W]. The van der Waals surface area contributed by atoms with Crippen LogP contribution in [-0.4, -0.2) is 85.7 Å². The summed E-state index contributed by atoms with van der Waals surface area (Å²) in [5.74, 6) is -0.575. The normalized spacial score (nSPS) is 14.1. The van der Waals surface area contributed by atoms with E-state index in [0.29, 0.717) is 30.2 Å². The zero-order chi connectivity index (χ0) is 42.6. The number of allylic oxidation sites excluding steroid dienone is 2. The summed E-state index contributed by atoms with van der Waals surface area (Å²) in [5.41, 5.74) is 3.29. The Morgan fingerprint density at radius 3 is 2.44 bits per heavy atom. The standard InChI is InChI=1S/C42H41ClF3N9O5.W/c1-4-34(39(57)53-14-16-54(17-15-53)40(58)36-37(26(3)47-24-48-36)60-21-27-8-6-5-7-9-27)55(41-50-38(51-52-41)29-10-11-30-22-59-23-31(30)18-29)20-35(56)49-33-13-12-28(19-32(33)43)25(2)42(44,45)46;/h5-13,18-19,24H,2,4,14-17,20-23H2,1,3H3,(H3,49,50,51,52,56,57);/p-1/b39-34-;. The van der Waals surface area contributed by atoms with Crippen molar-refractivity contribution in [1.29, 1.82) is 0 Å². The quantitative estimate of drug-likeness (QED) is 0.116. The Labute approximate surface area is 368 Å². The number of ether oxygens (including phenoxy) is 2. The van der Waals surface area contributed by atoms with E-state index in [1.54, 1.807) is 23.6 Å². The number of piperazine rings is 1. The van der Waals surface area contributed by atoms with Crippen molar-refractivity contribution < 1.29 is 58.4 Å². The third-order valence-corrected chi connectivity index (χ3v) is 10.4. The fourth-order valence-corrected chi connectivity index (χ4v) is 7.04. The minimum atomic E-state index is -4.67. The third-order valence-electron chi connectivity index (χ3n) is 10.1. The first-order valence-electron chi connectivity index (χ1n) is 19.0. The molecular weight excluding hydrogens is 987 g/mol. The maximum atomic E-state index is 13.8. The molecule has 2 aliphatic heterocycles. The monoisotopic (exact) mass is 1030 g/mol. The average Bonchev–Trinajstić information content (AvgIpc) is 3.94. The van der Waals surface area contributed by atoms with Crippen molar-refractivity contribution in [2.24, 2.45) is 0 Å². The summed E-state index contributed by atoms with van der Waals surface area (Å²) in [6, 6.07) is 18.7. The van der Waals surface area contributed by atoms with Crippen molar-refractivity contribution in [3.8, 4) is 17.1 Å². The number of aryl methyl sites for hydroxylation is 1. The van der Waals surface area contributed by atoms with Crippen LogP contribution in [0.2, 0.25) is 5.02 Å². The van der Waals surface area contributed by atoms with Gasteiger partial charge in [0.2, 0.25) is 5.91 Å². The Kier molecular flexibility index (Phi) is 14.2. The van der Waals surface area contributed by atoms with Crippen LogP contribution in [0.15, 0.2) is 91.2 Å². The topological polar surface area (TPSA) is 160 Å². The number of hydrogen-bond acceptors (Lipinski definition) is 11. The number of carbonyl (C=O) groups excluding carboxylic acids is 2. The number of hydrogen-bond donors (Lipinski definition) is 2. The number of halogens is 4. The van der Waals surface area contributed by atoms with E-state index in [1.165, 1.54) is 17.3 Å². The van der Waals surface area contributed by atoms with Gasteiger partial charge in [-0.05, 0) is 53.8 Å². The molecule has 7 rings (SSSR count). The van der Waals surface area contributed by atoms with Crippen LogP contribution in [0, 0.1) is 6.92 Å². The second-order valence-corrected chi connectivity index (χ2v) is 14.4. The van der Waals surface area contributed by atoms with E-state index in [1.807, 2.05) is 48.5 Å². The molecule has 1 fully saturated rings. The van der Waals surface area contributed by atoms with Crippen molar-refractivity contribution in [3.05, 3.63) is 130 Å². The van der Waals surface area contributed by atoms with Crippen LogP contribution in [0.25, 0.3) is 17.0 Å². The van der Waals surface area contributed by atoms with E-state index in [-0.39, 0.29) is 111 Å². The number of amides is 2. The Morgan fingerprint density at radius 2 is 1.74 bits per heavy atom. The molecule has 2 aliphatic rings. The fraction of sp³-hybridized carbons (Fsp3) is 0.286. The molecule has 5 aromatic rings. The van der Waals surface area contributed by atoms with Crippen molar-refractivity contribution >= 4 is 40.6 Å². The summed E-state index contributed by atoms with van der Waals surface area (Å²) in [7, 11) is 0. The van der Waals surface area contributed by atoms with E-state index in [0.717, 1.165) is 28.8 Å². The minimum absolute atomic E-state index is 0. The number of anilines is 2. The van der Waals surface area contributed by atoms with Crippen molar-refractivity contribution in [1.82, 2.24) is 34.9 Å². The number of aliphatic hydroxyl groups excluding tert-OH is 1. The predicted molar refractivity (Wildman–Crippen MR) is 217 cm³/mol. The summed E-state index contributed by atoms with van der Waals surface area (Å²) in [5, 5.41) is 23.0. The summed E-state index contributed by atoms with van der Waals surface area (Å²) in [6.07, 6.45) is -3.14. The first-order chi connectivity index (χ1) is 28.8. The number of aromatic nitrogens is 5. The molecule has 1 saturated heterocycles. The predicted octanol–water partition coefficient (Wildman–Crippen LogP) is 7.08. The van der Waals surface area contributed by atoms with Gasteiger partial charge < -0.3 is 39.6 Å². The van der Waals surface area contributed by atoms with Gasteiger partial charge in [0.15, 0.2) is 17.3 Å². The Bertz CT molecular complexity index is 2440. The van der Waals surface area contributed by atoms with Gasteiger partial charge in [-0.2, -0.15) is 13.2 Å². The molecule has 0 aliphatic carbocycles. The van der Waals surface area contributed by atoms with Gasteiger partial charge in [0, 0.05) is 64.5 Å². The molecule has 2 N–H and O–H groups in total. The van der Waals surface area contributed by atoms with Gasteiger partial charge in [-0.3, -0.25) is 14.7 Å². The first-order valence-corrected chi connectivity index (χ1v) is 19.3. The van der Waals surface area contributed by atoms with Gasteiger partial charge in [0.05, 0.1) is 47.6 Å². The fourth-order valence-electron chi connectivity index (χ4n) is 6.81. The molecule has 0 atom stereocenters. The summed E-state index contributed by atoms with van der Waals surface area (Å²) < 4.78 is 51.5. The molecule has 0 radical (unpaired) electrons. The summed E-state index contributed by atoms with van der Waals surface area (Å²) in [4.78, 5) is 45.4. The van der Waals surface area contributed by atoms with Gasteiger partial charge in [0.1, 0.15) is 12.9 Å². The molecule has 0 bridgehead atoms. The van der Waals surface area contributed by atoms with Gasteiger partial charge in [-0.15, -0.1) is 0 Å². The number of aliphatic hydroxyl groups is 1. The summed E-state index contributed by atoms with van der Waals surface area (Å²) >= 11 is 6.33. The zero-order valence-electron chi connectivity index (χ0n) is 33.1. The Balaban J connectivity index is 0.00000622. The molecule has 19 heteroatoms. The molecule has 4 heterocycles. The van der Waals surface area contributed by atoms with Gasteiger partial charge >= 0.3 is 6.18 Å². The molecule has 0 saturated carbocycles. The number of benzene rings is 3. The average molecular weight is 1030 g/mol. The van der Waals surface area contributed by atoms with Crippen molar-refractivity contribution in [3.63, 3.8) is 0 Å². The molecule has 0 spiro atoms. The van der Waals surface area contributed by atoms with E-state index in [4.69, 9.17) is 21.1 Å². The second kappa shape index (κ2) is 19.3. The van der Waals surface area contributed by atoms with Crippen LogP contribution in [0.5, 0.6) is 5.75 Å². The first kappa shape index (κ1) is 44.8. The van der Waals surface area contributed by atoms with E-state index >= 15 is 0 Å². The van der Waals surface area contributed by atoms with E-state index in [2.05, 4.69) is 37.0 Å². The zero-order valence-corrected chi connectivity index (χ0v) is 36.8. The molecule has 3 aromatic carbocycles. The Morgan fingerprint density at radius 1 is 1.02 bits per heavy atom. The number of nitrogens with zero attached hydrogens (tertiary/aromatic N) is 8.